The summed E-state index contributed by atoms with van der Waals surface area (Å²) in [5.41, 5.74) is -1.17. The molecule has 0 unspecified atom stereocenters. The van der Waals surface area contributed by atoms with Gasteiger partial charge < -0.3 is 19.3 Å². The van der Waals surface area contributed by atoms with Gasteiger partial charge in [0.05, 0.1) is 14.2 Å². The zero-order chi connectivity index (χ0) is 16.3. The number of phenols is 1. The van der Waals surface area contributed by atoms with Crippen LogP contribution in [0.25, 0.3) is 0 Å². The summed E-state index contributed by atoms with van der Waals surface area (Å²) in [7, 11) is 2.89. The van der Waals surface area contributed by atoms with Crippen LogP contribution in [0.5, 0.6) is 28.7 Å². The molecule has 0 aliphatic rings. The van der Waals surface area contributed by atoms with E-state index in [0.717, 1.165) is 12.1 Å². The maximum atomic E-state index is 12.7. The Hall–Kier alpha value is -2.57. The minimum absolute atomic E-state index is 0.0690. The molecule has 0 radical (unpaired) electrons. The fourth-order valence-electron chi connectivity index (χ4n) is 1.78. The van der Waals surface area contributed by atoms with Gasteiger partial charge in [0, 0.05) is 18.2 Å². The zero-order valence-corrected chi connectivity index (χ0v) is 11.8. The molecule has 0 saturated carbocycles. The highest BCUT2D eigenvalue weighted by molar-refractivity contribution is 5.46. The van der Waals surface area contributed by atoms with Crippen LogP contribution in [0.1, 0.15) is 5.56 Å². The Balaban J connectivity index is 2.35. The largest absolute Gasteiger partial charge is 0.507 e. The van der Waals surface area contributed by atoms with E-state index in [0.29, 0.717) is 11.5 Å². The van der Waals surface area contributed by atoms with Crippen molar-refractivity contribution < 1.29 is 32.5 Å². The van der Waals surface area contributed by atoms with Gasteiger partial charge in [-0.3, -0.25) is 0 Å². The van der Waals surface area contributed by atoms with Crippen LogP contribution in [-0.2, 0) is 6.18 Å². The Morgan fingerprint density at radius 1 is 0.818 bits per heavy atom. The van der Waals surface area contributed by atoms with Gasteiger partial charge in [-0.1, -0.05) is 0 Å². The number of phenolic OH excluding ortho intramolecular Hbond substituents is 1. The molecule has 0 aliphatic carbocycles. The third kappa shape index (κ3) is 3.55. The van der Waals surface area contributed by atoms with Crippen molar-refractivity contribution in [2.24, 2.45) is 0 Å². The van der Waals surface area contributed by atoms with Crippen molar-refractivity contribution in [1.29, 1.82) is 0 Å². The average molecular weight is 314 g/mol. The number of ether oxygens (including phenoxy) is 3. The first-order chi connectivity index (χ1) is 10.3. The third-order valence-electron chi connectivity index (χ3n) is 2.83. The summed E-state index contributed by atoms with van der Waals surface area (Å²) < 4.78 is 53.7. The van der Waals surface area contributed by atoms with Gasteiger partial charge in [0.2, 0.25) is 0 Å². The van der Waals surface area contributed by atoms with Crippen LogP contribution in [0.15, 0.2) is 36.4 Å². The van der Waals surface area contributed by atoms with E-state index >= 15 is 0 Å². The first kappa shape index (κ1) is 15.8. The van der Waals surface area contributed by atoms with E-state index in [1.165, 1.54) is 32.4 Å². The molecule has 22 heavy (non-hydrogen) atoms. The van der Waals surface area contributed by atoms with Gasteiger partial charge in [-0.2, -0.15) is 13.2 Å². The van der Waals surface area contributed by atoms with Gasteiger partial charge in [-0.15, -0.1) is 0 Å². The van der Waals surface area contributed by atoms with E-state index in [1.54, 1.807) is 6.07 Å². The molecule has 0 spiro atoms. The molecular weight excluding hydrogens is 301 g/mol. The highest BCUT2D eigenvalue weighted by Crippen LogP contribution is 2.39. The maximum Gasteiger partial charge on any atom is 0.420 e. The van der Waals surface area contributed by atoms with Gasteiger partial charge in [0.1, 0.15) is 34.3 Å². The number of hydrogen-bond acceptors (Lipinski definition) is 4. The van der Waals surface area contributed by atoms with Crippen LogP contribution in [-0.4, -0.2) is 19.3 Å². The predicted molar refractivity (Wildman–Crippen MR) is 72.7 cm³/mol. The van der Waals surface area contributed by atoms with Crippen LogP contribution in [0, 0.1) is 0 Å². The number of aromatic hydroxyl groups is 1. The number of methoxy groups -OCH3 is 2. The van der Waals surface area contributed by atoms with E-state index in [1.807, 2.05) is 0 Å². The summed E-state index contributed by atoms with van der Waals surface area (Å²) in [6.45, 7) is 0. The second-order valence-electron chi connectivity index (χ2n) is 4.33. The third-order valence-corrected chi connectivity index (χ3v) is 2.83. The molecule has 7 heteroatoms. The minimum atomic E-state index is -4.67. The van der Waals surface area contributed by atoms with E-state index in [-0.39, 0.29) is 11.5 Å². The van der Waals surface area contributed by atoms with Crippen molar-refractivity contribution in [3.8, 4) is 28.7 Å². The van der Waals surface area contributed by atoms with Crippen molar-refractivity contribution in [1.82, 2.24) is 0 Å². The van der Waals surface area contributed by atoms with Gasteiger partial charge in [0.25, 0.3) is 0 Å². The molecule has 4 nitrogen and oxygen atoms in total. The molecule has 0 amide bonds. The van der Waals surface area contributed by atoms with Crippen LogP contribution in [0.3, 0.4) is 0 Å². The molecule has 2 rings (SSSR count). The van der Waals surface area contributed by atoms with Crippen LogP contribution in [0.2, 0.25) is 0 Å². The summed E-state index contributed by atoms with van der Waals surface area (Å²) in [4.78, 5) is 0. The number of alkyl halides is 3. The summed E-state index contributed by atoms with van der Waals surface area (Å²) in [5, 5.41) is 9.29. The summed E-state index contributed by atoms with van der Waals surface area (Å²) in [6.07, 6.45) is -4.67. The second-order valence-corrected chi connectivity index (χ2v) is 4.33. The van der Waals surface area contributed by atoms with Gasteiger partial charge in [-0.25, -0.2) is 0 Å². The lowest BCUT2D eigenvalue weighted by molar-refractivity contribution is -0.138. The zero-order valence-electron chi connectivity index (χ0n) is 11.8. The van der Waals surface area contributed by atoms with Crippen molar-refractivity contribution in [3.05, 3.63) is 42.0 Å². The number of hydrogen-bond donors (Lipinski definition) is 1. The van der Waals surface area contributed by atoms with Gasteiger partial charge in [-0.05, 0) is 18.2 Å². The van der Waals surface area contributed by atoms with Crippen LogP contribution < -0.4 is 14.2 Å². The first-order valence-electron chi connectivity index (χ1n) is 6.14. The average Bonchev–Trinajstić information content (AvgIpc) is 2.47. The van der Waals surface area contributed by atoms with Gasteiger partial charge >= 0.3 is 6.18 Å². The molecule has 0 bridgehead atoms. The van der Waals surface area contributed by atoms with Crippen molar-refractivity contribution >= 4 is 0 Å². The van der Waals surface area contributed by atoms with Gasteiger partial charge in [0.15, 0.2) is 0 Å². The van der Waals surface area contributed by atoms with Crippen LogP contribution in [0.4, 0.5) is 13.2 Å². The first-order valence-corrected chi connectivity index (χ1v) is 6.14. The molecular formula is C15H13F3O4. The molecule has 118 valence electrons. The highest BCUT2D eigenvalue weighted by Gasteiger charge is 2.34. The monoisotopic (exact) mass is 314 g/mol. The SMILES string of the molecule is COc1cc(OC)cc(Oc2ccc(O)c(C(F)(F)F)c2)c1. The van der Waals surface area contributed by atoms with Crippen molar-refractivity contribution in [2.75, 3.05) is 14.2 Å². The normalized spacial score (nSPS) is 11.1. The molecule has 0 fully saturated rings. The molecule has 0 saturated heterocycles. The molecule has 2 aromatic carbocycles. The Bertz CT molecular complexity index is 646. The lowest BCUT2D eigenvalue weighted by Gasteiger charge is -2.13. The lowest BCUT2D eigenvalue weighted by atomic mass is 10.2. The number of rotatable bonds is 4. The lowest BCUT2D eigenvalue weighted by Crippen LogP contribution is -2.05. The molecule has 0 aliphatic heterocycles. The smallest absolute Gasteiger partial charge is 0.420 e. The van der Waals surface area contributed by atoms with Crippen molar-refractivity contribution in [3.63, 3.8) is 0 Å². The van der Waals surface area contributed by atoms with E-state index in [2.05, 4.69) is 0 Å². The van der Waals surface area contributed by atoms with Crippen LogP contribution >= 0.6 is 0 Å². The Morgan fingerprint density at radius 3 is 1.86 bits per heavy atom. The Morgan fingerprint density at radius 2 is 1.36 bits per heavy atom. The summed E-state index contributed by atoms with van der Waals surface area (Å²) >= 11 is 0. The maximum absolute atomic E-state index is 12.7. The standard InChI is InChI=1S/C15H13F3O4/c1-20-10-5-11(21-2)7-12(6-10)22-9-3-4-14(19)13(8-9)15(16,17)18/h3-8,19H,1-2H3. The summed E-state index contributed by atoms with van der Waals surface area (Å²) in [6, 6.07) is 7.49. The molecule has 0 heterocycles. The number of halogens is 3. The molecule has 0 atom stereocenters. The minimum Gasteiger partial charge on any atom is -0.507 e. The van der Waals surface area contributed by atoms with Crippen molar-refractivity contribution in [2.45, 2.75) is 6.18 Å². The number of benzene rings is 2. The predicted octanol–water partition coefficient (Wildman–Crippen LogP) is 4.22. The fraction of sp³-hybridized carbons (Fsp3) is 0.200. The van der Waals surface area contributed by atoms with E-state index < -0.39 is 17.5 Å². The summed E-state index contributed by atoms with van der Waals surface area (Å²) in [5.74, 6) is 0.187. The topological polar surface area (TPSA) is 47.9 Å². The van der Waals surface area contributed by atoms with E-state index in [4.69, 9.17) is 14.2 Å². The van der Waals surface area contributed by atoms with E-state index in [9.17, 15) is 18.3 Å². The fourth-order valence-corrected chi connectivity index (χ4v) is 1.78. The molecule has 1 N–H and O–H groups in total. The quantitative estimate of drug-likeness (QED) is 0.918. The molecule has 0 aromatic heterocycles. The second kappa shape index (κ2) is 6.05. The molecule has 2 aromatic rings. The Labute approximate surface area is 124 Å². The Kier molecular flexibility index (Phi) is 4.35. The highest BCUT2D eigenvalue weighted by atomic mass is 19.4.